The van der Waals surface area contributed by atoms with E-state index in [2.05, 4.69) is 5.32 Å². The third kappa shape index (κ3) is 3.50. The molecule has 0 bridgehead atoms. The highest BCUT2D eigenvalue weighted by molar-refractivity contribution is 5.95. The minimum absolute atomic E-state index is 0.186. The third-order valence-electron chi connectivity index (χ3n) is 3.52. The molecule has 3 nitrogen and oxygen atoms in total. The van der Waals surface area contributed by atoms with Gasteiger partial charge in [-0.05, 0) is 31.4 Å². The van der Waals surface area contributed by atoms with E-state index in [9.17, 15) is 13.6 Å². The van der Waals surface area contributed by atoms with E-state index in [1.165, 1.54) is 13.0 Å². The predicted molar refractivity (Wildman–Crippen MR) is 70.9 cm³/mol. The molecule has 0 fully saturated rings. The summed E-state index contributed by atoms with van der Waals surface area (Å²) < 4.78 is 27.3. The summed E-state index contributed by atoms with van der Waals surface area (Å²) >= 11 is 0. The second-order valence-corrected chi connectivity index (χ2v) is 4.81. The number of hydrogen-bond donors (Lipinski definition) is 2. The fourth-order valence-electron chi connectivity index (χ4n) is 1.71. The zero-order valence-electron chi connectivity index (χ0n) is 11.5. The molecule has 3 N–H and O–H groups in total. The van der Waals surface area contributed by atoms with Crippen LogP contribution in [0.25, 0.3) is 0 Å². The summed E-state index contributed by atoms with van der Waals surface area (Å²) in [4.78, 5) is 11.9. The third-order valence-corrected chi connectivity index (χ3v) is 3.52. The highest BCUT2D eigenvalue weighted by atomic mass is 19.1. The van der Waals surface area contributed by atoms with Gasteiger partial charge in [0.25, 0.3) is 5.91 Å². The Kier molecular flexibility index (Phi) is 5.00. The fraction of sp³-hybridized carbons (Fsp3) is 0.500. The number of carbonyl (C=O) groups excluding carboxylic acids is 1. The van der Waals surface area contributed by atoms with Gasteiger partial charge in [-0.25, -0.2) is 8.78 Å². The average molecular weight is 270 g/mol. The van der Waals surface area contributed by atoms with Crippen LogP contribution in [0.4, 0.5) is 8.78 Å². The Labute approximate surface area is 112 Å². The van der Waals surface area contributed by atoms with Gasteiger partial charge in [-0.2, -0.15) is 0 Å². The van der Waals surface area contributed by atoms with E-state index in [0.717, 1.165) is 6.07 Å². The van der Waals surface area contributed by atoms with E-state index in [1.807, 2.05) is 13.8 Å². The van der Waals surface area contributed by atoms with Crippen molar-refractivity contribution in [2.75, 3.05) is 6.54 Å². The molecule has 0 aliphatic carbocycles. The molecule has 1 rings (SSSR count). The van der Waals surface area contributed by atoms with Gasteiger partial charge in [0.2, 0.25) is 0 Å². The lowest BCUT2D eigenvalue weighted by Gasteiger charge is -2.26. The molecule has 0 spiro atoms. The van der Waals surface area contributed by atoms with Crippen molar-refractivity contribution in [3.05, 3.63) is 34.9 Å². The van der Waals surface area contributed by atoms with Crippen LogP contribution in [0, 0.1) is 18.6 Å². The average Bonchev–Trinajstić information content (AvgIpc) is 2.40. The van der Waals surface area contributed by atoms with Crippen molar-refractivity contribution >= 4 is 5.91 Å². The smallest absolute Gasteiger partial charge is 0.257 e. The number of nitrogens with two attached hydrogens (primary N) is 1. The van der Waals surface area contributed by atoms with E-state index in [0.29, 0.717) is 12.8 Å². The number of nitrogens with one attached hydrogen (secondary N) is 1. The van der Waals surface area contributed by atoms with Gasteiger partial charge in [0.05, 0.1) is 0 Å². The summed E-state index contributed by atoms with van der Waals surface area (Å²) in [6.45, 7) is 5.48. The van der Waals surface area contributed by atoms with Crippen LogP contribution in [0.2, 0.25) is 0 Å². The Morgan fingerprint density at radius 2 is 1.89 bits per heavy atom. The number of aryl methyl sites for hydroxylation is 1. The van der Waals surface area contributed by atoms with Crippen molar-refractivity contribution in [2.45, 2.75) is 39.2 Å². The van der Waals surface area contributed by atoms with Crippen LogP contribution in [0.3, 0.4) is 0 Å². The molecule has 0 unspecified atom stereocenters. The predicted octanol–water partition coefficient (Wildman–Crippen LogP) is 2.52. The molecular weight excluding hydrogens is 250 g/mol. The maximum atomic E-state index is 13.8. The fourth-order valence-corrected chi connectivity index (χ4v) is 1.71. The van der Waals surface area contributed by atoms with Crippen LogP contribution in [0.5, 0.6) is 0 Å². The highest BCUT2D eigenvalue weighted by Crippen LogP contribution is 2.17. The van der Waals surface area contributed by atoms with Crippen LogP contribution in [0.1, 0.15) is 42.6 Å². The molecule has 0 aliphatic rings. The van der Waals surface area contributed by atoms with Crippen molar-refractivity contribution < 1.29 is 13.6 Å². The Balaban J connectivity index is 2.88. The second kappa shape index (κ2) is 6.10. The molecule has 1 aromatic carbocycles. The van der Waals surface area contributed by atoms with E-state index < -0.39 is 28.6 Å². The second-order valence-electron chi connectivity index (χ2n) is 4.81. The summed E-state index contributed by atoms with van der Waals surface area (Å²) in [5.74, 6) is -2.46. The molecule has 0 heterocycles. The normalized spacial score (nSPS) is 11.5. The van der Waals surface area contributed by atoms with Crippen molar-refractivity contribution in [3.8, 4) is 0 Å². The molecule has 0 atom stereocenters. The number of hydrogen-bond acceptors (Lipinski definition) is 2. The topological polar surface area (TPSA) is 55.1 Å². The lowest BCUT2D eigenvalue weighted by atomic mass is 9.94. The summed E-state index contributed by atoms with van der Waals surface area (Å²) in [5, 5.41) is 2.51. The van der Waals surface area contributed by atoms with Gasteiger partial charge in [-0.1, -0.05) is 19.9 Å². The maximum Gasteiger partial charge on any atom is 0.257 e. The minimum Gasteiger partial charge on any atom is -0.350 e. The van der Waals surface area contributed by atoms with E-state index >= 15 is 0 Å². The SMILES string of the molecule is CCC(N)(CC)CNC(=O)c1c(F)ccc(C)c1F. The molecular formula is C14H20F2N2O. The summed E-state index contributed by atoms with van der Waals surface area (Å²) in [7, 11) is 0. The van der Waals surface area contributed by atoms with Crippen LogP contribution in [0.15, 0.2) is 12.1 Å². The van der Waals surface area contributed by atoms with Gasteiger partial charge >= 0.3 is 0 Å². The Bertz CT molecular complexity index is 471. The summed E-state index contributed by atoms with van der Waals surface area (Å²) in [6, 6.07) is 2.38. The minimum atomic E-state index is -0.865. The van der Waals surface area contributed by atoms with Gasteiger partial charge in [-0.3, -0.25) is 4.79 Å². The zero-order valence-corrected chi connectivity index (χ0v) is 11.5. The van der Waals surface area contributed by atoms with Crippen LogP contribution < -0.4 is 11.1 Å². The van der Waals surface area contributed by atoms with Gasteiger partial charge in [0.15, 0.2) is 0 Å². The van der Waals surface area contributed by atoms with Crippen molar-refractivity contribution in [2.24, 2.45) is 5.73 Å². The first-order valence-electron chi connectivity index (χ1n) is 6.36. The largest absolute Gasteiger partial charge is 0.350 e. The molecule has 1 amide bonds. The van der Waals surface area contributed by atoms with Crippen LogP contribution >= 0.6 is 0 Å². The molecule has 5 heteroatoms. The van der Waals surface area contributed by atoms with Crippen molar-refractivity contribution in [3.63, 3.8) is 0 Å². The standard InChI is InChI=1S/C14H20F2N2O/c1-4-14(17,5-2)8-18-13(19)11-10(15)7-6-9(3)12(11)16/h6-7H,4-5,8,17H2,1-3H3,(H,18,19). The van der Waals surface area contributed by atoms with Crippen LogP contribution in [-0.2, 0) is 0 Å². The Morgan fingerprint density at radius 3 is 2.42 bits per heavy atom. The van der Waals surface area contributed by atoms with Gasteiger partial charge in [-0.15, -0.1) is 0 Å². The Morgan fingerprint density at radius 1 is 1.32 bits per heavy atom. The molecule has 106 valence electrons. The molecule has 1 aromatic rings. The molecule has 0 radical (unpaired) electrons. The van der Waals surface area contributed by atoms with Crippen molar-refractivity contribution in [1.29, 1.82) is 0 Å². The first-order chi connectivity index (χ1) is 8.84. The van der Waals surface area contributed by atoms with Gasteiger partial charge in [0.1, 0.15) is 17.2 Å². The maximum absolute atomic E-state index is 13.8. The quantitative estimate of drug-likeness (QED) is 0.863. The Hall–Kier alpha value is -1.49. The molecule has 19 heavy (non-hydrogen) atoms. The first kappa shape index (κ1) is 15.6. The van der Waals surface area contributed by atoms with E-state index in [4.69, 9.17) is 5.73 Å². The molecule has 0 aliphatic heterocycles. The van der Waals surface area contributed by atoms with Crippen LogP contribution in [-0.4, -0.2) is 18.0 Å². The van der Waals surface area contributed by atoms with E-state index in [-0.39, 0.29) is 12.1 Å². The molecule has 0 saturated heterocycles. The lowest BCUT2D eigenvalue weighted by molar-refractivity contribution is 0.0933. The molecule has 0 aromatic heterocycles. The molecule has 0 saturated carbocycles. The number of benzene rings is 1. The number of rotatable bonds is 5. The van der Waals surface area contributed by atoms with Gasteiger partial charge < -0.3 is 11.1 Å². The summed E-state index contributed by atoms with van der Waals surface area (Å²) in [6.07, 6.45) is 1.34. The first-order valence-corrected chi connectivity index (χ1v) is 6.36. The number of halogens is 2. The van der Waals surface area contributed by atoms with Crippen molar-refractivity contribution in [1.82, 2.24) is 5.32 Å². The summed E-state index contributed by atoms with van der Waals surface area (Å²) in [5.41, 5.74) is 5.16. The zero-order chi connectivity index (χ0) is 14.6. The van der Waals surface area contributed by atoms with E-state index in [1.54, 1.807) is 0 Å². The number of carbonyl (C=O) groups is 1. The van der Waals surface area contributed by atoms with Gasteiger partial charge in [0, 0.05) is 12.1 Å². The monoisotopic (exact) mass is 270 g/mol. The number of amides is 1. The lowest BCUT2D eigenvalue weighted by Crippen LogP contribution is -2.49. The highest BCUT2D eigenvalue weighted by Gasteiger charge is 2.24.